The first-order valence-electron chi connectivity index (χ1n) is 7.03. The van der Waals surface area contributed by atoms with Crippen LogP contribution >= 0.6 is 0 Å². The van der Waals surface area contributed by atoms with Crippen LogP contribution in [0.15, 0.2) is 29.1 Å². The number of hydrogen-bond acceptors (Lipinski definition) is 2. The third kappa shape index (κ3) is 3.29. The molecule has 3 heteroatoms. The van der Waals surface area contributed by atoms with Gasteiger partial charge in [0, 0.05) is 12.2 Å². The standard InChI is InChI=1S/C17H22N2O/c1-5-15-9-16(17(20)19-13(15)4)18-10-14-7-11(2)6-12(3)8-14/h6-9,18H,5,10H2,1-4H3,(H,19,20). The van der Waals surface area contributed by atoms with Gasteiger partial charge in [0.05, 0.1) is 0 Å². The van der Waals surface area contributed by atoms with Gasteiger partial charge in [-0.25, -0.2) is 0 Å². The molecule has 1 aromatic heterocycles. The summed E-state index contributed by atoms with van der Waals surface area (Å²) >= 11 is 0. The van der Waals surface area contributed by atoms with Gasteiger partial charge in [0.1, 0.15) is 5.69 Å². The number of rotatable bonds is 4. The van der Waals surface area contributed by atoms with Crippen LogP contribution in [0.5, 0.6) is 0 Å². The van der Waals surface area contributed by atoms with E-state index in [2.05, 4.69) is 49.3 Å². The molecule has 0 aliphatic carbocycles. The summed E-state index contributed by atoms with van der Waals surface area (Å²) in [5.41, 5.74) is 6.40. The summed E-state index contributed by atoms with van der Waals surface area (Å²) in [4.78, 5) is 14.8. The molecule has 0 saturated carbocycles. The highest BCUT2D eigenvalue weighted by Crippen LogP contribution is 2.13. The van der Waals surface area contributed by atoms with E-state index in [0.717, 1.165) is 12.1 Å². The fourth-order valence-corrected chi connectivity index (χ4v) is 2.53. The molecule has 1 aromatic carbocycles. The van der Waals surface area contributed by atoms with Gasteiger partial charge >= 0.3 is 0 Å². The van der Waals surface area contributed by atoms with Gasteiger partial charge in [-0.3, -0.25) is 4.79 Å². The van der Waals surface area contributed by atoms with Crippen molar-refractivity contribution >= 4 is 5.69 Å². The molecular weight excluding hydrogens is 248 g/mol. The quantitative estimate of drug-likeness (QED) is 0.893. The molecule has 2 rings (SSSR count). The molecule has 0 bridgehead atoms. The summed E-state index contributed by atoms with van der Waals surface area (Å²) in [5.74, 6) is 0. The predicted molar refractivity (Wildman–Crippen MR) is 84.4 cm³/mol. The molecule has 0 unspecified atom stereocenters. The van der Waals surface area contributed by atoms with Crippen LogP contribution in [0.3, 0.4) is 0 Å². The Labute approximate surface area is 120 Å². The van der Waals surface area contributed by atoms with Gasteiger partial charge in [0.2, 0.25) is 0 Å². The number of pyridine rings is 1. The van der Waals surface area contributed by atoms with Crippen molar-refractivity contribution < 1.29 is 0 Å². The molecule has 106 valence electrons. The van der Waals surface area contributed by atoms with Gasteiger partial charge in [-0.1, -0.05) is 36.2 Å². The third-order valence-electron chi connectivity index (χ3n) is 3.49. The van der Waals surface area contributed by atoms with Gasteiger partial charge in [-0.2, -0.15) is 0 Å². The van der Waals surface area contributed by atoms with E-state index in [0.29, 0.717) is 12.2 Å². The first kappa shape index (κ1) is 14.4. The van der Waals surface area contributed by atoms with E-state index in [9.17, 15) is 4.79 Å². The molecule has 2 aromatic rings. The van der Waals surface area contributed by atoms with Gasteiger partial charge in [0.25, 0.3) is 5.56 Å². The minimum atomic E-state index is -0.0518. The fraction of sp³-hybridized carbons (Fsp3) is 0.353. The fourth-order valence-electron chi connectivity index (χ4n) is 2.53. The smallest absolute Gasteiger partial charge is 0.271 e. The highest BCUT2D eigenvalue weighted by atomic mass is 16.1. The van der Waals surface area contributed by atoms with E-state index in [1.165, 1.54) is 22.3 Å². The largest absolute Gasteiger partial charge is 0.377 e. The van der Waals surface area contributed by atoms with Crippen molar-refractivity contribution in [2.45, 2.75) is 40.7 Å². The Bertz CT molecular complexity index is 651. The van der Waals surface area contributed by atoms with Crippen LogP contribution in [0.2, 0.25) is 0 Å². The number of hydrogen-bond donors (Lipinski definition) is 2. The summed E-state index contributed by atoms with van der Waals surface area (Å²) in [6.07, 6.45) is 0.918. The molecule has 3 nitrogen and oxygen atoms in total. The number of aromatic nitrogens is 1. The zero-order valence-electron chi connectivity index (χ0n) is 12.6. The second-order valence-corrected chi connectivity index (χ2v) is 5.37. The maximum absolute atomic E-state index is 11.9. The first-order valence-corrected chi connectivity index (χ1v) is 7.03. The van der Waals surface area contributed by atoms with Crippen LogP contribution in [0, 0.1) is 20.8 Å². The third-order valence-corrected chi connectivity index (χ3v) is 3.49. The topological polar surface area (TPSA) is 44.9 Å². The number of nitrogens with one attached hydrogen (secondary N) is 2. The Morgan fingerprint density at radius 2 is 1.70 bits per heavy atom. The lowest BCUT2D eigenvalue weighted by Crippen LogP contribution is -2.16. The predicted octanol–water partition coefficient (Wildman–Crippen LogP) is 3.47. The van der Waals surface area contributed by atoms with Crippen LogP contribution in [0.25, 0.3) is 0 Å². The molecule has 0 radical (unpaired) electrons. The summed E-state index contributed by atoms with van der Waals surface area (Å²) in [6, 6.07) is 8.39. The van der Waals surface area contributed by atoms with Crippen molar-refractivity contribution in [3.05, 3.63) is 62.6 Å². The molecule has 0 saturated heterocycles. The maximum atomic E-state index is 11.9. The minimum absolute atomic E-state index is 0.0518. The van der Waals surface area contributed by atoms with Crippen molar-refractivity contribution in [3.63, 3.8) is 0 Å². The van der Waals surface area contributed by atoms with Crippen LogP contribution in [0.4, 0.5) is 5.69 Å². The number of H-pyrrole nitrogens is 1. The molecule has 0 fully saturated rings. The molecule has 0 atom stereocenters. The van der Waals surface area contributed by atoms with Gasteiger partial charge in [0.15, 0.2) is 0 Å². The lowest BCUT2D eigenvalue weighted by Gasteiger charge is -2.10. The molecular formula is C17H22N2O. The maximum Gasteiger partial charge on any atom is 0.271 e. The van der Waals surface area contributed by atoms with E-state index >= 15 is 0 Å². The Morgan fingerprint density at radius 1 is 1.05 bits per heavy atom. The van der Waals surface area contributed by atoms with E-state index in [4.69, 9.17) is 0 Å². The number of aromatic amines is 1. The average Bonchev–Trinajstić information content (AvgIpc) is 2.36. The van der Waals surface area contributed by atoms with E-state index in [1.807, 2.05) is 13.0 Å². The van der Waals surface area contributed by atoms with Crippen LogP contribution < -0.4 is 10.9 Å². The highest BCUT2D eigenvalue weighted by molar-refractivity contribution is 5.45. The van der Waals surface area contributed by atoms with E-state index in [-0.39, 0.29) is 5.56 Å². The summed E-state index contributed by atoms with van der Waals surface area (Å²) in [6.45, 7) is 8.87. The van der Waals surface area contributed by atoms with Crippen molar-refractivity contribution in [2.24, 2.45) is 0 Å². The van der Waals surface area contributed by atoms with Crippen LogP contribution in [-0.2, 0) is 13.0 Å². The van der Waals surface area contributed by atoms with E-state index in [1.54, 1.807) is 0 Å². The number of anilines is 1. The second kappa shape index (κ2) is 5.95. The van der Waals surface area contributed by atoms with Crippen LogP contribution in [0.1, 0.15) is 34.9 Å². The molecule has 1 heterocycles. The number of aryl methyl sites for hydroxylation is 4. The van der Waals surface area contributed by atoms with Crippen molar-refractivity contribution in [1.29, 1.82) is 0 Å². The molecule has 20 heavy (non-hydrogen) atoms. The van der Waals surface area contributed by atoms with Crippen molar-refractivity contribution in [2.75, 3.05) is 5.32 Å². The molecule has 0 aliphatic heterocycles. The van der Waals surface area contributed by atoms with Crippen molar-refractivity contribution in [3.8, 4) is 0 Å². The Kier molecular flexibility index (Phi) is 4.28. The summed E-state index contributed by atoms with van der Waals surface area (Å²) in [7, 11) is 0. The lowest BCUT2D eigenvalue weighted by molar-refractivity contribution is 1.01. The molecule has 0 amide bonds. The molecule has 2 N–H and O–H groups in total. The summed E-state index contributed by atoms with van der Waals surface area (Å²) in [5, 5.41) is 3.24. The van der Waals surface area contributed by atoms with Crippen LogP contribution in [-0.4, -0.2) is 4.98 Å². The zero-order chi connectivity index (χ0) is 14.7. The van der Waals surface area contributed by atoms with Gasteiger partial charge in [-0.15, -0.1) is 0 Å². The van der Waals surface area contributed by atoms with Gasteiger partial charge < -0.3 is 10.3 Å². The molecule has 0 aliphatic rings. The Morgan fingerprint density at radius 3 is 2.30 bits per heavy atom. The monoisotopic (exact) mass is 270 g/mol. The lowest BCUT2D eigenvalue weighted by atomic mass is 10.1. The van der Waals surface area contributed by atoms with E-state index < -0.39 is 0 Å². The number of benzene rings is 1. The zero-order valence-corrected chi connectivity index (χ0v) is 12.6. The summed E-state index contributed by atoms with van der Waals surface area (Å²) < 4.78 is 0. The minimum Gasteiger partial charge on any atom is -0.377 e. The molecule has 0 spiro atoms. The van der Waals surface area contributed by atoms with Crippen molar-refractivity contribution in [1.82, 2.24) is 4.98 Å². The highest BCUT2D eigenvalue weighted by Gasteiger charge is 2.04. The van der Waals surface area contributed by atoms with Gasteiger partial charge in [-0.05, 0) is 44.4 Å². The Balaban J connectivity index is 2.20. The Hall–Kier alpha value is -2.03. The average molecular weight is 270 g/mol. The normalized spacial score (nSPS) is 10.6. The second-order valence-electron chi connectivity index (χ2n) is 5.37. The first-order chi connectivity index (χ1) is 9.49. The SMILES string of the molecule is CCc1cc(NCc2cc(C)cc(C)c2)c(=O)[nH]c1C.